The van der Waals surface area contributed by atoms with Gasteiger partial charge in [-0.25, -0.2) is 4.39 Å². The molecule has 3 heteroatoms. The number of rotatable bonds is 4. The molecule has 1 unspecified atom stereocenters. The number of hydrogen-bond donors (Lipinski definition) is 1. The maximum absolute atomic E-state index is 13.2. The van der Waals surface area contributed by atoms with Crippen LogP contribution < -0.4 is 5.32 Å². The second-order valence-corrected chi connectivity index (χ2v) is 6.40. The van der Waals surface area contributed by atoms with Crippen molar-refractivity contribution in [1.29, 1.82) is 0 Å². The molecule has 1 atom stereocenters. The minimum atomic E-state index is -0.209. The quantitative estimate of drug-likeness (QED) is 0.852. The molecule has 0 amide bonds. The first kappa shape index (κ1) is 14.7. The standard InChI is InChI=1S/C14H21BrFN/c1-5-17-13(9-14(2,3)4)10-6-7-12(16)11(15)8-10/h6-8,13,17H,5,9H2,1-4H3. The molecule has 96 valence electrons. The lowest BCUT2D eigenvalue weighted by Gasteiger charge is -2.27. The van der Waals surface area contributed by atoms with E-state index in [0.717, 1.165) is 18.5 Å². The van der Waals surface area contributed by atoms with Crippen LogP contribution >= 0.6 is 15.9 Å². The van der Waals surface area contributed by atoms with Crippen molar-refractivity contribution in [2.45, 2.75) is 40.2 Å². The van der Waals surface area contributed by atoms with Crippen molar-refractivity contribution in [2.75, 3.05) is 6.54 Å². The van der Waals surface area contributed by atoms with Crippen LogP contribution in [0.1, 0.15) is 45.7 Å². The van der Waals surface area contributed by atoms with Gasteiger partial charge >= 0.3 is 0 Å². The molecule has 0 heterocycles. The van der Waals surface area contributed by atoms with Gasteiger partial charge in [0.25, 0.3) is 0 Å². The van der Waals surface area contributed by atoms with Crippen LogP contribution in [0, 0.1) is 11.2 Å². The molecule has 17 heavy (non-hydrogen) atoms. The lowest BCUT2D eigenvalue weighted by atomic mass is 9.85. The molecule has 1 N–H and O–H groups in total. The largest absolute Gasteiger partial charge is 0.310 e. The molecule has 1 aromatic carbocycles. The molecule has 0 bridgehead atoms. The summed E-state index contributed by atoms with van der Waals surface area (Å²) in [6, 6.07) is 5.52. The number of benzene rings is 1. The van der Waals surface area contributed by atoms with Gasteiger partial charge in [-0.3, -0.25) is 0 Å². The van der Waals surface area contributed by atoms with E-state index in [1.807, 2.05) is 12.1 Å². The minimum Gasteiger partial charge on any atom is -0.310 e. The molecule has 0 spiro atoms. The third-order valence-corrected chi connectivity index (χ3v) is 3.22. The van der Waals surface area contributed by atoms with Gasteiger partial charge in [-0.15, -0.1) is 0 Å². The van der Waals surface area contributed by atoms with Crippen molar-refractivity contribution in [3.05, 3.63) is 34.1 Å². The summed E-state index contributed by atoms with van der Waals surface area (Å²) in [4.78, 5) is 0. The van der Waals surface area contributed by atoms with E-state index in [9.17, 15) is 4.39 Å². The van der Waals surface area contributed by atoms with Gasteiger partial charge in [0, 0.05) is 6.04 Å². The second kappa shape index (κ2) is 5.96. The van der Waals surface area contributed by atoms with Crippen LogP contribution in [0.3, 0.4) is 0 Å². The molecular weight excluding hydrogens is 281 g/mol. The van der Waals surface area contributed by atoms with Gasteiger partial charge in [-0.2, -0.15) is 0 Å². The Hall–Kier alpha value is -0.410. The first-order valence-electron chi connectivity index (χ1n) is 6.02. The van der Waals surface area contributed by atoms with Crippen LogP contribution in [0.4, 0.5) is 4.39 Å². The summed E-state index contributed by atoms with van der Waals surface area (Å²) in [6.07, 6.45) is 1.03. The van der Waals surface area contributed by atoms with Gasteiger partial charge < -0.3 is 5.32 Å². The molecule has 0 radical (unpaired) electrons. The Balaban J connectivity index is 2.93. The van der Waals surface area contributed by atoms with E-state index in [2.05, 4.69) is 48.9 Å². The fourth-order valence-corrected chi connectivity index (χ4v) is 2.29. The van der Waals surface area contributed by atoms with E-state index in [4.69, 9.17) is 0 Å². The average molecular weight is 302 g/mol. The summed E-state index contributed by atoms with van der Waals surface area (Å²) in [6.45, 7) is 9.66. The van der Waals surface area contributed by atoms with E-state index in [-0.39, 0.29) is 17.3 Å². The zero-order chi connectivity index (χ0) is 13.1. The van der Waals surface area contributed by atoms with Crippen LogP contribution in [0.25, 0.3) is 0 Å². The molecule has 1 rings (SSSR count). The topological polar surface area (TPSA) is 12.0 Å². The molecule has 0 saturated carbocycles. The van der Waals surface area contributed by atoms with E-state index in [1.54, 1.807) is 0 Å². The van der Waals surface area contributed by atoms with Crippen LogP contribution in [0.2, 0.25) is 0 Å². The predicted octanol–water partition coefficient (Wildman–Crippen LogP) is 4.68. The highest BCUT2D eigenvalue weighted by Crippen LogP contribution is 2.31. The maximum Gasteiger partial charge on any atom is 0.137 e. The molecule has 1 aromatic rings. The fourth-order valence-electron chi connectivity index (χ4n) is 1.90. The van der Waals surface area contributed by atoms with Gasteiger partial charge in [0.2, 0.25) is 0 Å². The third kappa shape index (κ3) is 4.76. The van der Waals surface area contributed by atoms with Gasteiger partial charge in [-0.1, -0.05) is 33.8 Å². The second-order valence-electron chi connectivity index (χ2n) is 5.55. The lowest BCUT2D eigenvalue weighted by Crippen LogP contribution is -2.25. The normalized spacial score (nSPS) is 13.8. The summed E-state index contributed by atoms with van der Waals surface area (Å²) < 4.78 is 13.8. The van der Waals surface area contributed by atoms with Crippen LogP contribution in [0.15, 0.2) is 22.7 Å². The van der Waals surface area contributed by atoms with Crippen LogP contribution in [0.5, 0.6) is 0 Å². The van der Waals surface area contributed by atoms with Crippen molar-refractivity contribution < 1.29 is 4.39 Å². The highest BCUT2D eigenvalue weighted by molar-refractivity contribution is 9.10. The SMILES string of the molecule is CCNC(CC(C)(C)C)c1ccc(F)c(Br)c1. The monoisotopic (exact) mass is 301 g/mol. The minimum absolute atomic E-state index is 0.209. The van der Waals surface area contributed by atoms with Crippen molar-refractivity contribution in [2.24, 2.45) is 5.41 Å². The van der Waals surface area contributed by atoms with Gasteiger partial charge in [0.05, 0.1) is 4.47 Å². The van der Waals surface area contributed by atoms with Crippen LogP contribution in [-0.2, 0) is 0 Å². The highest BCUT2D eigenvalue weighted by Gasteiger charge is 2.20. The average Bonchev–Trinajstić information content (AvgIpc) is 2.19. The maximum atomic E-state index is 13.2. The Bertz CT molecular complexity index is 371. The van der Waals surface area contributed by atoms with Gasteiger partial charge in [-0.05, 0) is 52.0 Å². The van der Waals surface area contributed by atoms with E-state index < -0.39 is 0 Å². The Kier molecular flexibility index (Phi) is 5.14. The summed E-state index contributed by atoms with van der Waals surface area (Å²) in [5, 5.41) is 3.46. The Morgan fingerprint density at radius 3 is 2.47 bits per heavy atom. The molecule has 0 aliphatic carbocycles. The molecule has 0 aliphatic heterocycles. The number of halogens is 2. The zero-order valence-corrected chi connectivity index (χ0v) is 12.6. The van der Waals surface area contributed by atoms with Crippen molar-refractivity contribution in [1.82, 2.24) is 5.32 Å². The summed E-state index contributed by atoms with van der Waals surface area (Å²) in [5.74, 6) is -0.209. The molecule has 0 aromatic heterocycles. The van der Waals surface area contributed by atoms with E-state index >= 15 is 0 Å². The molecule has 0 fully saturated rings. The Morgan fingerprint density at radius 2 is 2.00 bits per heavy atom. The van der Waals surface area contributed by atoms with E-state index in [1.165, 1.54) is 6.07 Å². The summed E-state index contributed by atoms with van der Waals surface area (Å²) in [5.41, 5.74) is 1.38. The molecule has 0 saturated heterocycles. The first-order chi connectivity index (χ1) is 7.83. The summed E-state index contributed by atoms with van der Waals surface area (Å²) in [7, 11) is 0. The lowest BCUT2D eigenvalue weighted by molar-refractivity contribution is 0.314. The third-order valence-electron chi connectivity index (χ3n) is 2.61. The number of hydrogen-bond acceptors (Lipinski definition) is 1. The highest BCUT2D eigenvalue weighted by atomic mass is 79.9. The zero-order valence-electron chi connectivity index (χ0n) is 11.0. The Morgan fingerprint density at radius 1 is 1.35 bits per heavy atom. The smallest absolute Gasteiger partial charge is 0.137 e. The van der Waals surface area contributed by atoms with Crippen molar-refractivity contribution >= 4 is 15.9 Å². The first-order valence-corrected chi connectivity index (χ1v) is 6.81. The number of nitrogens with one attached hydrogen (secondary N) is 1. The predicted molar refractivity (Wildman–Crippen MR) is 74.6 cm³/mol. The summed E-state index contributed by atoms with van der Waals surface area (Å²) >= 11 is 3.24. The fraction of sp³-hybridized carbons (Fsp3) is 0.571. The van der Waals surface area contributed by atoms with Gasteiger partial charge in [0.15, 0.2) is 0 Å². The Labute approximate surface area is 112 Å². The van der Waals surface area contributed by atoms with Gasteiger partial charge in [0.1, 0.15) is 5.82 Å². The molecule has 0 aliphatic rings. The van der Waals surface area contributed by atoms with Crippen molar-refractivity contribution in [3.63, 3.8) is 0 Å². The van der Waals surface area contributed by atoms with Crippen LogP contribution in [-0.4, -0.2) is 6.54 Å². The van der Waals surface area contributed by atoms with E-state index in [0.29, 0.717) is 4.47 Å². The molecule has 1 nitrogen and oxygen atoms in total. The van der Waals surface area contributed by atoms with Crippen molar-refractivity contribution in [3.8, 4) is 0 Å². The molecular formula is C14H21BrFN.